The van der Waals surface area contributed by atoms with Gasteiger partial charge in [0.2, 0.25) is 5.91 Å². The van der Waals surface area contributed by atoms with Crippen molar-refractivity contribution in [2.45, 2.75) is 33.2 Å². The maximum Gasteiger partial charge on any atom is 0.325 e. The van der Waals surface area contributed by atoms with E-state index in [9.17, 15) is 14.4 Å². The number of benzene rings is 2. The molecule has 2 aliphatic rings. The van der Waals surface area contributed by atoms with Crippen LogP contribution in [0.2, 0.25) is 0 Å². The zero-order valence-corrected chi connectivity index (χ0v) is 24.4. The number of anilines is 1. The first-order valence-electron chi connectivity index (χ1n) is 13.8. The van der Waals surface area contributed by atoms with Gasteiger partial charge in [-0.15, -0.1) is 0 Å². The van der Waals surface area contributed by atoms with Crippen LogP contribution >= 0.6 is 12.2 Å². The molecule has 0 radical (unpaired) electrons. The summed E-state index contributed by atoms with van der Waals surface area (Å²) >= 11 is 5.70. The summed E-state index contributed by atoms with van der Waals surface area (Å²) in [6.45, 7) is 6.17. The van der Waals surface area contributed by atoms with Crippen molar-refractivity contribution in [3.05, 3.63) is 66.0 Å². The normalized spacial score (nSPS) is 17.1. The highest BCUT2D eigenvalue weighted by Gasteiger charge is 2.40. The molecule has 2 saturated heterocycles. The van der Waals surface area contributed by atoms with E-state index in [4.69, 9.17) is 21.7 Å². The van der Waals surface area contributed by atoms with Gasteiger partial charge < -0.3 is 23.8 Å². The molecule has 3 aromatic rings. The lowest BCUT2D eigenvalue weighted by atomic mass is 9.99. The fraction of sp³-hybridized carbons (Fsp3) is 0.355. The van der Waals surface area contributed by atoms with Crippen LogP contribution in [-0.2, 0) is 25.7 Å². The summed E-state index contributed by atoms with van der Waals surface area (Å²) in [5.74, 6) is 0.498. The first kappa shape index (κ1) is 28.4. The number of rotatable bonds is 8. The van der Waals surface area contributed by atoms with E-state index in [1.165, 1.54) is 16.9 Å². The number of esters is 1. The number of carbonyl (C=O) groups is 3. The van der Waals surface area contributed by atoms with Crippen molar-refractivity contribution < 1.29 is 23.9 Å². The Hall–Kier alpha value is -4.18. The largest absolute Gasteiger partial charge is 0.494 e. The molecule has 10 heteroatoms. The van der Waals surface area contributed by atoms with Gasteiger partial charge in [-0.05, 0) is 74.3 Å². The molecular weight excluding hydrogens is 540 g/mol. The number of nitrogens with zero attached hydrogens (tertiary/aromatic N) is 4. The van der Waals surface area contributed by atoms with Gasteiger partial charge in [-0.2, -0.15) is 0 Å². The number of fused-ring (bicyclic) bond motifs is 1. The number of para-hydroxylation sites is 1. The number of methoxy groups -OCH3 is 1. The molecule has 41 heavy (non-hydrogen) atoms. The second-order valence-electron chi connectivity index (χ2n) is 10.3. The topological polar surface area (TPSA) is 84.3 Å². The number of hydrogen-bond acceptors (Lipinski definition) is 6. The van der Waals surface area contributed by atoms with Crippen molar-refractivity contribution >= 4 is 57.8 Å². The van der Waals surface area contributed by atoms with E-state index in [0.29, 0.717) is 24.0 Å². The van der Waals surface area contributed by atoms with Crippen LogP contribution in [0.25, 0.3) is 17.0 Å². The van der Waals surface area contributed by atoms with Crippen LogP contribution in [-0.4, -0.2) is 70.6 Å². The Balaban J connectivity index is 1.50. The Morgan fingerprint density at radius 3 is 2.44 bits per heavy atom. The average Bonchev–Trinajstić information content (AvgIpc) is 3.43. The van der Waals surface area contributed by atoms with Crippen LogP contribution in [0, 0.1) is 5.92 Å². The summed E-state index contributed by atoms with van der Waals surface area (Å²) in [5.41, 5.74) is 2.43. The smallest absolute Gasteiger partial charge is 0.325 e. The average molecular weight is 575 g/mol. The summed E-state index contributed by atoms with van der Waals surface area (Å²) in [6, 6.07) is 14.8. The van der Waals surface area contributed by atoms with Crippen LogP contribution in [0.1, 0.15) is 32.3 Å². The predicted molar refractivity (Wildman–Crippen MR) is 161 cm³/mol. The van der Waals surface area contributed by atoms with Crippen LogP contribution in [0.5, 0.6) is 5.75 Å². The molecule has 1 aromatic heterocycles. The molecule has 5 rings (SSSR count). The maximum absolute atomic E-state index is 13.8. The summed E-state index contributed by atoms with van der Waals surface area (Å²) in [4.78, 5) is 44.2. The van der Waals surface area contributed by atoms with Crippen LogP contribution < -0.4 is 9.64 Å². The minimum Gasteiger partial charge on any atom is -0.494 e. The van der Waals surface area contributed by atoms with Crippen LogP contribution in [0.15, 0.2) is 60.4 Å². The van der Waals surface area contributed by atoms with E-state index >= 15 is 0 Å². The highest BCUT2D eigenvalue weighted by Crippen LogP contribution is 2.32. The lowest BCUT2D eigenvalue weighted by molar-refractivity contribution is -0.140. The maximum atomic E-state index is 13.8. The fourth-order valence-electron chi connectivity index (χ4n) is 5.28. The molecule has 2 aromatic carbocycles. The molecule has 214 valence electrons. The molecular formula is C31H34N4O5S. The fourth-order valence-corrected chi connectivity index (χ4v) is 5.64. The first-order chi connectivity index (χ1) is 19.8. The van der Waals surface area contributed by atoms with Crippen molar-refractivity contribution in [2.24, 2.45) is 5.92 Å². The van der Waals surface area contributed by atoms with E-state index in [1.54, 1.807) is 30.3 Å². The molecule has 9 nitrogen and oxygen atoms in total. The quantitative estimate of drug-likeness (QED) is 0.223. The third kappa shape index (κ3) is 5.83. The molecule has 2 amide bonds. The van der Waals surface area contributed by atoms with Gasteiger partial charge in [-0.1, -0.05) is 25.1 Å². The van der Waals surface area contributed by atoms with E-state index in [2.05, 4.69) is 6.92 Å². The first-order valence-corrected chi connectivity index (χ1v) is 14.2. The summed E-state index contributed by atoms with van der Waals surface area (Å²) in [5, 5.41) is 1.06. The number of ether oxygens (including phenoxy) is 2. The standard InChI is InChI=1S/C31H34N4O5S/c1-4-40-24-11-9-23(10-12-24)35-30(38)27(34(31(35)41)20-29(37)39-3)17-22-18-33(26-8-6-5-7-25(22)26)19-28(36)32-15-13-21(2)14-16-32/h5-12,17-18,21H,4,13-16,19-20H2,1-3H3/b27-17-. The third-order valence-electron chi connectivity index (χ3n) is 7.61. The summed E-state index contributed by atoms with van der Waals surface area (Å²) < 4.78 is 12.4. The monoisotopic (exact) mass is 574 g/mol. The van der Waals surface area contributed by atoms with Crippen LogP contribution in [0.4, 0.5) is 5.69 Å². The van der Waals surface area contributed by atoms with Gasteiger partial charge in [0, 0.05) is 35.8 Å². The molecule has 0 N–H and O–H groups in total. The van der Waals surface area contributed by atoms with E-state index in [1.807, 2.05) is 46.9 Å². The summed E-state index contributed by atoms with van der Waals surface area (Å²) in [7, 11) is 1.30. The van der Waals surface area contributed by atoms with Crippen molar-refractivity contribution in [1.82, 2.24) is 14.4 Å². The highest BCUT2D eigenvalue weighted by atomic mass is 32.1. The van der Waals surface area contributed by atoms with Gasteiger partial charge in [0.15, 0.2) is 5.11 Å². The highest BCUT2D eigenvalue weighted by molar-refractivity contribution is 7.80. The molecule has 2 fully saturated rings. The molecule has 0 spiro atoms. The van der Waals surface area contributed by atoms with E-state index in [-0.39, 0.29) is 35.7 Å². The lowest BCUT2D eigenvalue weighted by Gasteiger charge is -2.30. The molecule has 0 atom stereocenters. The second-order valence-corrected chi connectivity index (χ2v) is 10.7. The Morgan fingerprint density at radius 1 is 1.05 bits per heavy atom. The van der Waals surface area contributed by atoms with Gasteiger partial charge in [0.25, 0.3) is 5.91 Å². The minimum atomic E-state index is -0.525. The zero-order chi connectivity index (χ0) is 29.1. The number of amides is 2. The molecule has 0 unspecified atom stereocenters. The van der Waals surface area contributed by atoms with Gasteiger partial charge in [-0.25, -0.2) is 0 Å². The summed E-state index contributed by atoms with van der Waals surface area (Å²) in [6.07, 6.45) is 5.64. The van der Waals surface area contributed by atoms with E-state index < -0.39 is 5.97 Å². The number of hydrogen-bond donors (Lipinski definition) is 0. The Morgan fingerprint density at radius 2 is 1.76 bits per heavy atom. The van der Waals surface area contributed by atoms with Gasteiger partial charge >= 0.3 is 5.97 Å². The lowest BCUT2D eigenvalue weighted by Crippen LogP contribution is -2.39. The molecule has 0 saturated carbocycles. The number of thiocarbonyl (C=S) groups is 1. The van der Waals surface area contributed by atoms with Crippen LogP contribution in [0.3, 0.4) is 0 Å². The third-order valence-corrected chi connectivity index (χ3v) is 8.01. The molecule has 3 heterocycles. The molecule has 0 aliphatic carbocycles. The minimum absolute atomic E-state index is 0.0731. The Kier molecular flexibility index (Phi) is 8.39. The second kappa shape index (κ2) is 12.1. The van der Waals surface area contributed by atoms with Crippen molar-refractivity contribution in [3.8, 4) is 5.75 Å². The van der Waals surface area contributed by atoms with Crippen molar-refractivity contribution in [1.29, 1.82) is 0 Å². The van der Waals surface area contributed by atoms with Crippen molar-refractivity contribution in [3.63, 3.8) is 0 Å². The molecule has 2 aliphatic heterocycles. The number of aromatic nitrogens is 1. The number of carbonyl (C=O) groups excluding carboxylic acids is 3. The number of likely N-dealkylation sites (tertiary alicyclic amines) is 1. The SMILES string of the molecule is CCOc1ccc(N2C(=O)/C(=C/c3cn(CC(=O)N4CCC(C)CC4)c4ccccc34)N(CC(=O)OC)C2=S)cc1. The Bertz CT molecular complexity index is 1500. The Labute approximate surface area is 244 Å². The molecule has 0 bridgehead atoms. The van der Waals surface area contributed by atoms with Crippen molar-refractivity contribution in [2.75, 3.05) is 38.3 Å². The predicted octanol–water partition coefficient (Wildman–Crippen LogP) is 4.45. The van der Waals surface area contributed by atoms with Gasteiger partial charge in [-0.3, -0.25) is 19.3 Å². The van der Waals surface area contributed by atoms with Gasteiger partial charge in [0.1, 0.15) is 24.5 Å². The van der Waals surface area contributed by atoms with Gasteiger partial charge in [0.05, 0.1) is 19.4 Å². The zero-order valence-electron chi connectivity index (χ0n) is 23.5. The van der Waals surface area contributed by atoms with E-state index in [0.717, 1.165) is 42.4 Å². The number of piperidine rings is 1.